The molecule has 0 bridgehead atoms. The maximum Gasteiger partial charge on any atom is 0.264 e. The first kappa shape index (κ1) is 33.6. The number of morpholine rings is 1. The van der Waals surface area contributed by atoms with Gasteiger partial charge in [0.1, 0.15) is 6.33 Å². The van der Waals surface area contributed by atoms with Crippen molar-refractivity contribution in [2.45, 2.75) is 23.9 Å². The maximum absolute atomic E-state index is 14.6. The van der Waals surface area contributed by atoms with E-state index in [2.05, 4.69) is 19.9 Å². The van der Waals surface area contributed by atoms with Gasteiger partial charge < -0.3 is 9.64 Å². The summed E-state index contributed by atoms with van der Waals surface area (Å²) < 4.78 is 37.0. The van der Waals surface area contributed by atoms with Gasteiger partial charge in [0.25, 0.3) is 15.9 Å². The van der Waals surface area contributed by atoms with Crippen molar-refractivity contribution in [1.29, 1.82) is 0 Å². The quantitative estimate of drug-likeness (QED) is 0.267. The van der Waals surface area contributed by atoms with Crippen molar-refractivity contribution in [3.63, 3.8) is 0 Å². The van der Waals surface area contributed by atoms with Crippen LogP contribution in [0.25, 0.3) is 11.1 Å². The number of anilines is 2. The highest BCUT2D eigenvalue weighted by atomic mass is 35.5. The second-order valence-corrected chi connectivity index (χ2v) is 15.0. The Balaban J connectivity index is 1.20. The fraction of sp³-hybridized carbons (Fsp3) is 0.364. The molecule has 2 saturated heterocycles. The number of rotatable bonds is 8. The zero-order valence-corrected chi connectivity index (χ0v) is 29.0. The van der Waals surface area contributed by atoms with E-state index in [1.165, 1.54) is 26.3 Å². The number of ether oxygens (including phenoxy) is 1. The van der Waals surface area contributed by atoms with Crippen LogP contribution in [0.1, 0.15) is 18.9 Å². The molecule has 5 heterocycles. The third kappa shape index (κ3) is 6.21. The van der Waals surface area contributed by atoms with Crippen LogP contribution in [-0.2, 0) is 29.9 Å². The predicted molar refractivity (Wildman–Crippen MR) is 183 cm³/mol. The molecule has 0 unspecified atom stereocenters. The summed E-state index contributed by atoms with van der Waals surface area (Å²) in [5.41, 5.74) is 0.987. The molecule has 0 N–H and O–H groups in total. The van der Waals surface area contributed by atoms with Gasteiger partial charge in [-0.3, -0.25) is 19.1 Å². The number of hydrogen-bond acceptors (Lipinski definition) is 9. The molecule has 0 saturated carbocycles. The Morgan fingerprint density at radius 3 is 2.20 bits per heavy atom. The number of fused-ring (bicyclic) bond motifs is 1. The lowest BCUT2D eigenvalue weighted by atomic mass is 9.90. The summed E-state index contributed by atoms with van der Waals surface area (Å²) in [6, 6.07) is 12.0. The average Bonchev–Trinajstić information content (AvgIpc) is 3.65. The molecule has 2 amide bonds. The molecule has 0 radical (unpaired) electrons. The van der Waals surface area contributed by atoms with E-state index in [1.54, 1.807) is 54.5 Å². The summed E-state index contributed by atoms with van der Waals surface area (Å²) in [5, 5.41) is 0.477. The van der Waals surface area contributed by atoms with E-state index in [0.29, 0.717) is 47.5 Å². The van der Waals surface area contributed by atoms with Crippen molar-refractivity contribution in [3.8, 4) is 11.1 Å². The summed E-state index contributed by atoms with van der Waals surface area (Å²) >= 11 is 12.7. The van der Waals surface area contributed by atoms with Gasteiger partial charge in [-0.2, -0.15) is 4.31 Å². The van der Waals surface area contributed by atoms with E-state index in [-0.39, 0.29) is 43.1 Å². The van der Waals surface area contributed by atoms with Gasteiger partial charge in [0.15, 0.2) is 10.6 Å². The fourth-order valence-electron chi connectivity index (χ4n) is 6.63. The second-order valence-electron chi connectivity index (χ2n) is 12.3. The number of piperazine rings is 1. The first-order chi connectivity index (χ1) is 23.6. The van der Waals surface area contributed by atoms with Crippen LogP contribution < -0.4 is 4.90 Å². The monoisotopic (exact) mass is 724 g/mol. The van der Waals surface area contributed by atoms with Crippen LogP contribution in [0, 0.1) is 0 Å². The number of benzene rings is 2. The second kappa shape index (κ2) is 13.4. The Kier molecular flexibility index (Phi) is 9.19. The summed E-state index contributed by atoms with van der Waals surface area (Å²) in [6.45, 7) is 5.97. The lowest BCUT2D eigenvalue weighted by Crippen LogP contribution is -2.51. The number of nitrogens with zero attached hydrogens (tertiary/aromatic N) is 8. The molecule has 16 heteroatoms. The van der Waals surface area contributed by atoms with Crippen molar-refractivity contribution in [3.05, 3.63) is 83.0 Å². The van der Waals surface area contributed by atoms with Crippen molar-refractivity contribution in [1.82, 2.24) is 33.6 Å². The van der Waals surface area contributed by atoms with Crippen molar-refractivity contribution in [2.24, 2.45) is 0 Å². The number of halogens is 2. The van der Waals surface area contributed by atoms with Gasteiger partial charge in [-0.25, -0.2) is 28.3 Å². The van der Waals surface area contributed by atoms with Crippen LogP contribution in [0.15, 0.2) is 72.4 Å². The molecule has 7 rings (SSSR count). The zero-order valence-electron chi connectivity index (χ0n) is 26.7. The Hall–Kier alpha value is -3.92. The third-order valence-electron chi connectivity index (χ3n) is 9.37. The smallest absolute Gasteiger partial charge is 0.264 e. The van der Waals surface area contributed by atoms with Crippen LogP contribution in [0.3, 0.4) is 0 Å². The SMILES string of the molecule is C[C@@]1(c2ccc(-c3cncnc3)cc2)C(=O)N(c2cc(Cl)cc(Cl)c2)c2ncc(S(=O)(=O)N3CCN(C(=O)CCN4CCOCC4)CC3)n21. The summed E-state index contributed by atoms with van der Waals surface area (Å²) in [4.78, 5) is 45.5. The van der Waals surface area contributed by atoms with E-state index in [9.17, 15) is 18.0 Å². The molecular formula is C33H34Cl2N8O5S. The molecule has 2 fully saturated rings. The van der Waals surface area contributed by atoms with Crippen LogP contribution in [0.4, 0.5) is 11.6 Å². The lowest BCUT2D eigenvalue weighted by Gasteiger charge is -2.35. The predicted octanol–water partition coefficient (Wildman–Crippen LogP) is 3.64. The Morgan fingerprint density at radius 1 is 0.898 bits per heavy atom. The number of carbonyl (C=O) groups excluding carboxylic acids is 2. The van der Waals surface area contributed by atoms with Gasteiger partial charge >= 0.3 is 0 Å². The number of hydrogen-bond donors (Lipinski definition) is 0. The minimum Gasteiger partial charge on any atom is -0.379 e. The first-order valence-corrected chi connectivity index (χ1v) is 18.1. The van der Waals surface area contributed by atoms with Gasteiger partial charge in [-0.05, 0) is 36.2 Å². The molecule has 0 aliphatic carbocycles. The van der Waals surface area contributed by atoms with Crippen LogP contribution in [0.5, 0.6) is 0 Å². The Bertz CT molecular complexity index is 1960. The minimum absolute atomic E-state index is 0.00621. The molecule has 13 nitrogen and oxygen atoms in total. The van der Waals surface area contributed by atoms with Crippen LogP contribution >= 0.6 is 23.2 Å². The van der Waals surface area contributed by atoms with Gasteiger partial charge in [0.2, 0.25) is 11.9 Å². The van der Waals surface area contributed by atoms with Crippen molar-refractivity contribution >= 4 is 56.7 Å². The summed E-state index contributed by atoms with van der Waals surface area (Å²) in [5.74, 6) is -0.327. The largest absolute Gasteiger partial charge is 0.379 e. The highest BCUT2D eigenvalue weighted by Gasteiger charge is 2.53. The molecule has 0 spiro atoms. The lowest BCUT2D eigenvalue weighted by molar-refractivity contribution is -0.133. The topological polar surface area (TPSA) is 134 Å². The molecule has 2 aromatic carbocycles. The van der Waals surface area contributed by atoms with Gasteiger partial charge in [0.05, 0.1) is 25.1 Å². The van der Waals surface area contributed by atoms with E-state index >= 15 is 0 Å². The normalized spacial score (nSPS) is 20.5. The van der Waals surface area contributed by atoms with Crippen molar-refractivity contribution in [2.75, 3.05) is 63.9 Å². The van der Waals surface area contributed by atoms with E-state index in [4.69, 9.17) is 27.9 Å². The van der Waals surface area contributed by atoms with Crippen LogP contribution in [0.2, 0.25) is 10.0 Å². The molecule has 2 aromatic heterocycles. The number of sulfonamides is 1. The molecule has 3 aliphatic heterocycles. The molecule has 49 heavy (non-hydrogen) atoms. The summed E-state index contributed by atoms with van der Waals surface area (Å²) in [7, 11) is -4.17. The van der Waals surface area contributed by atoms with Crippen LogP contribution in [-0.4, -0.2) is 113 Å². The maximum atomic E-state index is 14.6. The minimum atomic E-state index is -4.17. The fourth-order valence-corrected chi connectivity index (χ4v) is 8.73. The Morgan fingerprint density at radius 2 is 1.55 bits per heavy atom. The highest BCUT2D eigenvalue weighted by Crippen LogP contribution is 2.46. The summed E-state index contributed by atoms with van der Waals surface area (Å²) in [6.07, 6.45) is 6.46. The standard InChI is InChI=1S/C33H34Cl2N8O5S/c1-33(25-4-2-23(3-5-25)24-19-36-22-37-20-24)31(45)42(28-17-26(34)16-27(35)18-28)32-38-21-30(43(32)33)49(46,47)41-10-8-40(9-11-41)29(44)6-7-39-12-14-48-15-13-39/h2-5,16-22H,6-15H2,1H3/t33-/m1/s1. The number of amides is 2. The molecule has 4 aromatic rings. The molecular weight excluding hydrogens is 691 g/mol. The number of imidazole rings is 1. The van der Waals surface area contributed by atoms with E-state index in [1.807, 2.05) is 12.1 Å². The molecule has 1 atom stereocenters. The van der Waals surface area contributed by atoms with E-state index < -0.39 is 21.5 Å². The Labute approximate surface area is 294 Å². The van der Waals surface area contributed by atoms with Crippen molar-refractivity contribution < 1.29 is 22.7 Å². The average molecular weight is 726 g/mol. The number of aromatic nitrogens is 4. The zero-order chi connectivity index (χ0) is 34.3. The first-order valence-electron chi connectivity index (χ1n) is 15.9. The van der Waals surface area contributed by atoms with Gasteiger partial charge in [-0.1, -0.05) is 47.5 Å². The van der Waals surface area contributed by atoms with E-state index in [0.717, 1.165) is 24.2 Å². The molecule has 3 aliphatic rings. The highest BCUT2D eigenvalue weighted by molar-refractivity contribution is 7.89. The third-order valence-corrected chi connectivity index (χ3v) is 11.7. The molecule has 256 valence electrons. The van der Waals surface area contributed by atoms with Gasteiger partial charge in [0, 0.05) is 80.2 Å². The number of carbonyl (C=O) groups is 2. The van der Waals surface area contributed by atoms with Gasteiger partial charge in [-0.15, -0.1) is 0 Å².